The summed E-state index contributed by atoms with van der Waals surface area (Å²) in [7, 11) is 0. The number of rotatable bonds is 2. The van der Waals surface area contributed by atoms with Crippen LogP contribution in [-0.2, 0) is 0 Å². The van der Waals surface area contributed by atoms with Gasteiger partial charge in [-0.2, -0.15) is 0 Å². The largest absolute Gasteiger partial charge is 0.335 e. The van der Waals surface area contributed by atoms with Gasteiger partial charge < -0.3 is 10.6 Å². The van der Waals surface area contributed by atoms with E-state index in [1.165, 1.54) is 4.90 Å². The molecule has 22 heavy (non-hydrogen) atoms. The number of urea groups is 1. The highest BCUT2D eigenvalue weighted by Crippen LogP contribution is 2.31. The summed E-state index contributed by atoms with van der Waals surface area (Å²) in [6.07, 6.45) is 2.01. The quantitative estimate of drug-likeness (QED) is 0.823. The van der Waals surface area contributed by atoms with E-state index in [9.17, 15) is 14.4 Å². The van der Waals surface area contributed by atoms with Gasteiger partial charge in [-0.25, -0.2) is 4.79 Å². The van der Waals surface area contributed by atoms with Crippen molar-refractivity contribution in [1.82, 2.24) is 10.2 Å². The fraction of sp³-hybridized carbons (Fsp3) is 0.438. The predicted molar refractivity (Wildman–Crippen MR) is 81.9 cm³/mol. The molecule has 0 bridgehead atoms. The second kappa shape index (κ2) is 4.83. The number of hydrogen-bond donors (Lipinski definition) is 2. The standard InChI is InChI=1S/C16H19N3O3/c1-16(2,3)19-13(20)11-7-6-10(8-12(11)14(19)21)18-15(22)17-9-4-5-9/h6-9H,4-5H2,1-3H3,(H2,17,18,22). The Bertz CT molecular complexity index is 672. The second-order valence-electron chi connectivity index (χ2n) is 6.75. The number of nitrogens with zero attached hydrogens (tertiary/aromatic N) is 1. The summed E-state index contributed by atoms with van der Waals surface area (Å²) in [6.45, 7) is 5.45. The second-order valence-corrected chi connectivity index (χ2v) is 6.75. The summed E-state index contributed by atoms with van der Waals surface area (Å²) in [5, 5.41) is 5.51. The van der Waals surface area contributed by atoms with Crippen molar-refractivity contribution in [2.45, 2.75) is 45.2 Å². The lowest BCUT2D eigenvalue weighted by molar-refractivity contribution is 0.0507. The van der Waals surface area contributed by atoms with Gasteiger partial charge in [0.1, 0.15) is 0 Å². The van der Waals surface area contributed by atoms with Gasteiger partial charge in [0.15, 0.2) is 0 Å². The first-order valence-electron chi connectivity index (χ1n) is 7.38. The summed E-state index contributed by atoms with van der Waals surface area (Å²) in [6, 6.07) is 4.77. The molecule has 1 aromatic carbocycles. The van der Waals surface area contributed by atoms with Crippen molar-refractivity contribution in [3.05, 3.63) is 29.3 Å². The van der Waals surface area contributed by atoms with Crippen molar-refractivity contribution in [3.63, 3.8) is 0 Å². The molecule has 1 saturated carbocycles. The van der Waals surface area contributed by atoms with Crippen LogP contribution in [0.1, 0.15) is 54.3 Å². The first-order valence-corrected chi connectivity index (χ1v) is 7.38. The minimum atomic E-state index is -0.579. The van der Waals surface area contributed by atoms with Crippen LogP contribution in [0.4, 0.5) is 10.5 Å². The molecule has 1 fully saturated rings. The molecular weight excluding hydrogens is 282 g/mol. The summed E-state index contributed by atoms with van der Waals surface area (Å²) in [5.41, 5.74) is 0.649. The van der Waals surface area contributed by atoms with Crippen LogP contribution >= 0.6 is 0 Å². The van der Waals surface area contributed by atoms with E-state index in [1.807, 2.05) is 20.8 Å². The molecule has 116 valence electrons. The van der Waals surface area contributed by atoms with Gasteiger partial charge in [-0.15, -0.1) is 0 Å². The maximum Gasteiger partial charge on any atom is 0.319 e. The number of benzene rings is 1. The predicted octanol–water partition coefficient (Wildman–Crippen LogP) is 2.37. The molecule has 4 amide bonds. The van der Waals surface area contributed by atoms with E-state index >= 15 is 0 Å². The summed E-state index contributed by atoms with van der Waals surface area (Å²) in [4.78, 5) is 37.8. The smallest absolute Gasteiger partial charge is 0.319 e. The van der Waals surface area contributed by atoms with Crippen LogP contribution in [0.3, 0.4) is 0 Å². The SMILES string of the molecule is CC(C)(C)N1C(=O)c2ccc(NC(=O)NC3CC3)cc2C1=O. The minimum absolute atomic E-state index is 0.258. The monoisotopic (exact) mass is 301 g/mol. The zero-order valence-corrected chi connectivity index (χ0v) is 12.9. The summed E-state index contributed by atoms with van der Waals surface area (Å²) >= 11 is 0. The lowest BCUT2D eigenvalue weighted by Gasteiger charge is -2.29. The molecule has 1 aromatic rings. The van der Waals surface area contributed by atoms with E-state index in [1.54, 1.807) is 18.2 Å². The first-order chi connectivity index (χ1) is 10.3. The van der Waals surface area contributed by atoms with Crippen LogP contribution in [0.25, 0.3) is 0 Å². The average molecular weight is 301 g/mol. The first kappa shape index (κ1) is 14.6. The molecule has 2 aliphatic rings. The van der Waals surface area contributed by atoms with Gasteiger partial charge in [-0.1, -0.05) is 0 Å². The number of imide groups is 1. The molecule has 0 spiro atoms. The van der Waals surface area contributed by atoms with Gasteiger partial charge in [-0.3, -0.25) is 14.5 Å². The van der Waals surface area contributed by atoms with Gasteiger partial charge in [0.25, 0.3) is 11.8 Å². The molecule has 0 aromatic heterocycles. The highest BCUT2D eigenvalue weighted by molar-refractivity contribution is 6.22. The van der Waals surface area contributed by atoms with E-state index in [2.05, 4.69) is 10.6 Å². The van der Waals surface area contributed by atoms with Crippen LogP contribution in [0.2, 0.25) is 0 Å². The Morgan fingerprint density at radius 3 is 2.36 bits per heavy atom. The third kappa shape index (κ3) is 2.56. The van der Waals surface area contributed by atoms with Gasteiger partial charge in [-0.05, 0) is 51.8 Å². The highest BCUT2D eigenvalue weighted by atomic mass is 16.2. The third-order valence-electron chi connectivity index (χ3n) is 3.73. The van der Waals surface area contributed by atoms with Crippen LogP contribution in [0, 0.1) is 0 Å². The third-order valence-corrected chi connectivity index (χ3v) is 3.73. The van der Waals surface area contributed by atoms with E-state index in [-0.39, 0.29) is 23.9 Å². The molecule has 0 radical (unpaired) electrons. The Morgan fingerprint density at radius 1 is 1.14 bits per heavy atom. The Morgan fingerprint density at radius 2 is 1.77 bits per heavy atom. The van der Waals surface area contributed by atoms with Gasteiger partial charge >= 0.3 is 6.03 Å². The van der Waals surface area contributed by atoms with Gasteiger partial charge in [0, 0.05) is 17.3 Å². The lowest BCUT2D eigenvalue weighted by Crippen LogP contribution is -2.45. The van der Waals surface area contributed by atoms with E-state index in [4.69, 9.17) is 0 Å². The molecule has 0 unspecified atom stereocenters. The fourth-order valence-electron chi connectivity index (χ4n) is 2.51. The molecule has 1 heterocycles. The van der Waals surface area contributed by atoms with Crippen molar-refractivity contribution in [2.75, 3.05) is 5.32 Å². The average Bonchev–Trinajstić information content (AvgIpc) is 3.16. The lowest BCUT2D eigenvalue weighted by atomic mass is 10.1. The number of carbonyl (C=O) groups is 3. The molecular formula is C16H19N3O3. The van der Waals surface area contributed by atoms with Crippen molar-refractivity contribution in [1.29, 1.82) is 0 Å². The fourth-order valence-corrected chi connectivity index (χ4v) is 2.51. The molecule has 0 saturated heterocycles. The Kier molecular flexibility index (Phi) is 3.20. The van der Waals surface area contributed by atoms with Crippen molar-refractivity contribution < 1.29 is 14.4 Å². The molecule has 1 aliphatic heterocycles. The highest BCUT2D eigenvalue weighted by Gasteiger charge is 2.41. The molecule has 2 N–H and O–H groups in total. The molecule has 3 rings (SSSR count). The molecule has 6 heteroatoms. The van der Waals surface area contributed by atoms with Gasteiger partial charge in [0.05, 0.1) is 11.1 Å². The Hall–Kier alpha value is -2.37. The number of nitrogens with one attached hydrogen (secondary N) is 2. The Balaban J connectivity index is 1.83. The number of amides is 4. The maximum absolute atomic E-state index is 12.5. The zero-order valence-electron chi connectivity index (χ0n) is 12.9. The topological polar surface area (TPSA) is 78.5 Å². The van der Waals surface area contributed by atoms with Crippen LogP contribution < -0.4 is 10.6 Å². The Labute approximate surface area is 128 Å². The number of anilines is 1. The van der Waals surface area contributed by atoms with Crippen LogP contribution in [-0.4, -0.2) is 34.3 Å². The van der Waals surface area contributed by atoms with Crippen molar-refractivity contribution in [3.8, 4) is 0 Å². The minimum Gasteiger partial charge on any atom is -0.335 e. The van der Waals surface area contributed by atoms with E-state index < -0.39 is 5.54 Å². The number of fused-ring (bicyclic) bond motifs is 1. The number of carbonyl (C=O) groups excluding carboxylic acids is 3. The van der Waals surface area contributed by atoms with Gasteiger partial charge in [0.2, 0.25) is 0 Å². The van der Waals surface area contributed by atoms with Crippen LogP contribution in [0.15, 0.2) is 18.2 Å². The van der Waals surface area contributed by atoms with E-state index in [0.717, 1.165) is 12.8 Å². The molecule has 6 nitrogen and oxygen atoms in total. The molecule has 0 atom stereocenters. The zero-order chi connectivity index (χ0) is 16.1. The summed E-state index contributed by atoms with van der Waals surface area (Å²) in [5.74, 6) is -0.611. The van der Waals surface area contributed by atoms with Crippen LogP contribution in [0.5, 0.6) is 0 Å². The maximum atomic E-state index is 12.5. The van der Waals surface area contributed by atoms with Crippen molar-refractivity contribution >= 4 is 23.5 Å². The van der Waals surface area contributed by atoms with Crippen molar-refractivity contribution in [2.24, 2.45) is 0 Å². The van der Waals surface area contributed by atoms with E-state index in [0.29, 0.717) is 16.8 Å². The summed E-state index contributed by atoms with van der Waals surface area (Å²) < 4.78 is 0. The normalized spacial score (nSPS) is 17.5. The molecule has 1 aliphatic carbocycles. The number of hydrogen-bond acceptors (Lipinski definition) is 3.